The van der Waals surface area contributed by atoms with E-state index in [-0.39, 0.29) is 18.2 Å². The van der Waals surface area contributed by atoms with Crippen LogP contribution in [0.1, 0.15) is 21.6 Å². The van der Waals surface area contributed by atoms with Gasteiger partial charge in [0.25, 0.3) is 5.91 Å². The highest BCUT2D eigenvalue weighted by Crippen LogP contribution is 2.28. The van der Waals surface area contributed by atoms with Gasteiger partial charge in [0, 0.05) is 10.9 Å². The summed E-state index contributed by atoms with van der Waals surface area (Å²) in [7, 11) is 4.58. The number of ether oxygens (including phenoxy) is 3. The Labute approximate surface area is 184 Å². The molecule has 0 unspecified atom stereocenters. The predicted molar refractivity (Wildman–Crippen MR) is 120 cm³/mol. The highest BCUT2D eigenvalue weighted by atomic mass is 32.1. The fraction of sp³-hybridized carbons (Fsp3) is 0.227. The Morgan fingerprint density at radius 3 is 2.35 bits per heavy atom. The van der Waals surface area contributed by atoms with E-state index < -0.39 is 0 Å². The average molecular weight is 442 g/mol. The highest BCUT2D eigenvalue weighted by Gasteiger charge is 2.14. The second-order valence-electron chi connectivity index (χ2n) is 6.60. The van der Waals surface area contributed by atoms with E-state index >= 15 is 0 Å². The third kappa shape index (κ3) is 5.52. The minimum atomic E-state index is -0.337. The summed E-state index contributed by atoms with van der Waals surface area (Å²) in [5.74, 6) is 1.01. The van der Waals surface area contributed by atoms with Crippen molar-refractivity contribution in [2.75, 3.05) is 32.0 Å². The maximum atomic E-state index is 12.5. The van der Waals surface area contributed by atoms with Crippen LogP contribution in [0, 0.1) is 6.92 Å². The molecule has 0 radical (unpaired) electrons. The summed E-state index contributed by atoms with van der Waals surface area (Å²) in [5, 5.41) is 7.71. The molecule has 0 aliphatic carbocycles. The first-order chi connectivity index (χ1) is 14.9. The second-order valence-corrected chi connectivity index (χ2v) is 7.45. The molecule has 9 heteroatoms. The number of thiazole rings is 1. The number of aromatic nitrogens is 1. The number of carbonyl (C=O) groups excluding carboxylic acids is 2. The lowest BCUT2D eigenvalue weighted by molar-refractivity contribution is -0.115. The van der Waals surface area contributed by atoms with Crippen LogP contribution in [0.5, 0.6) is 17.2 Å². The first kappa shape index (κ1) is 22.1. The fourth-order valence-electron chi connectivity index (χ4n) is 2.87. The number of rotatable bonds is 8. The van der Waals surface area contributed by atoms with Crippen molar-refractivity contribution in [1.29, 1.82) is 0 Å². The molecule has 162 valence electrons. The van der Waals surface area contributed by atoms with Gasteiger partial charge in [0.1, 0.15) is 5.75 Å². The Balaban J connectivity index is 1.63. The summed E-state index contributed by atoms with van der Waals surface area (Å²) in [4.78, 5) is 29.3. The highest BCUT2D eigenvalue weighted by molar-refractivity contribution is 7.14. The first-order valence-corrected chi connectivity index (χ1v) is 10.2. The SMILES string of the molecule is COc1ccc(C)cc1NC(=O)Cc1csc(NC(=O)c2ccc(OC)c(OC)c2)n1. The number of methoxy groups -OCH3 is 3. The third-order valence-corrected chi connectivity index (χ3v) is 5.20. The van der Waals surface area contributed by atoms with Crippen LogP contribution in [0.15, 0.2) is 41.8 Å². The van der Waals surface area contributed by atoms with Gasteiger partial charge in [-0.3, -0.25) is 14.9 Å². The molecular formula is C22H23N3O5S. The van der Waals surface area contributed by atoms with E-state index in [0.717, 1.165) is 5.56 Å². The van der Waals surface area contributed by atoms with E-state index in [0.29, 0.717) is 39.3 Å². The van der Waals surface area contributed by atoms with Crippen LogP contribution >= 0.6 is 11.3 Å². The van der Waals surface area contributed by atoms with Crippen LogP contribution in [-0.4, -0.2) is 38.1 Å². The topological polar surface area (TPSA) is 98.8 Å². The molecule has 1 heterocycles. The van der Waals surface area contributed by atoms with Gasteiger partial charge in [0.2, 0.25) is 5.91 Å². The Kier molecular flexibility index (Phi) is 7.09. The van der Waals surface area contributed by atoms with Crippen molar-refractivity contribution in [3.8, 4) is 17.2 Å². The van der Waals surface area contributed by atoms with Gasteiger partial charge in [-0.05, 0) is 42.8 Å². The molecule has 3 rings (SSSR count). The Morgan fingerprint density at radius 2 is 1.65 bits per heavy atom. The van der Waals surface area contributed by atoms with E-state index in [2.05, 4.69) is 15.6 Å². The number of carbonyl (C=O) groups is 2. The summed E-state index contributed by atoms with van der Waals surface area (Å²) < 4.78 is 15.7. The van der Waals surface area contributed by atoms with E-state index in [1.54, 1.807) is 36.8 Å². The van der Waals surface area contributed by atoms with Crippen molar-refractivity contribution >= 4 is 34.0 Å². The van der Waals surface area contributed by atoms with Crippen LogP contribution in [0.4, 0.5) is 10.8 Å². The molecule has 31 heavy (non-hydrogen) atoms. The van der Waals surface area contributed by atoms with Gasteiger partial charge in [-0.15, -0.1) is 11.3 Å². The van der Waals surface area contributed by atoms with E-state index in [4.69, 9.17) is 14.2 Å². The Morgan fingerprint density at radius 1 is 0.935 bits per heavy atom. The monoisotopic (exact) mass is 441 g/mol. The van der Waals surface area contributed by atoms with E-state index in [1.165, 1.54) is 25.6 Å². The van der Waals surface area contributed by atoms with Gasteiger partial charge >= 0.3 is 0 Å². The Hall–Kier alpha value is -3.59. The summed E-state index contributed by atoms with van der Waals surface area (Å²) in [5.41, 5.74) is 2.56. The molecule has 2 amide bonds. The fourth-order valence-corrected chi connectivity index (χ4v) is 3.58. The molecule has 0 saturated carbocycles. The van der Waals surface area contributed by atoms with Crippen LogP contribution in [0.2, 0.25) is 0 Å². The smallest absolute Gasteiger partial charge is 0.257 e. The minimum Gasteiger partial charge on any atom is -0.495 e. The normalized spacial score (nSPS) is 10.3. The van der Waals surface area contributed by atoms with Crippen molar-refractivity contribution in [1.82, 2.24) is 4.98 Å². The number of nitrogens with zero attached hydrogens (tertiary/aromatic N) is 1. The maximum absolute atomic E-state index is 12.5. The lowest BCUT2D eigenvalue weighted by Gasteiger charge is -2.10. The number of aryl methyl sites for hydroxylation is 1. The quantitative estimate of drug-likeness (QED) is 0.550. The molecule has 0 atom stereocenters. The van der Waals surface area contributed by atoms with Crippen molar-refractivity contribution in [3.05, 3.63) is 58.6 Å². The van der Waals surface area contributed by atoms with Crippen LogP contribution < -0.4 is 24.8 Å². The predicted octanol–water partition coefficient (Wildman–Crippen LogP) is 3.91. The van der Waals surface area contributed by atoms with Gasteiger partial charge in [0.05, 0.1) is 39.1 Å². The van der Waals surface area contributed by atoms with Crippen molar-refractivity contribution in [2.45, 2.75) is 13.3 Å². The molecule has 8 nitrogen and oxygen atoms in total. The number of benzene rings is 2. The van der Waals surface area contributed by atoms with Crippen molar-refractivity contribution in [2.24, 2.45) is 0 Å². The summed E-state index contributed by atoms with van der Waals surface area (Å²) in [6, 6.07) is 10.4. The molecule has 1 aromatic heterocycles. The van der Waals surface area contributed by atoms with E-state index in [9.17, 15) is 9.59 Å². The molecule has 0 aliphatic heterocycles. The lowest BCUT2D eigenvalue weighted by atomic mass is 10.2. The molecule has 0 aliphatic rings. The number of hydrogen-bond acceptors (Lipinski definition) is 7. The molecule has 0 bridgehead atoms. The van der Waals surface area contributed by atoms with Gasteiger partial charge in [0.15, 0.2) is 16.6 Å². The largest absolute Gasteiger partial charge is 0.495 e. The first-order valence-electron chi connectivity index (χ1n) is 9.35. The van der Waals surface area contributed by atoms with Gasteiger partial charge in [-0.2, -0.15) is 0 Å². The average Bonchev–Trinajstić information content (AvgIpc) is 3.19. The summed E-state index contributed by atoms with van der Waals surface area (Å²) in [6.07, 6.45) is 0.0693. The molecule has 0 fully saturated rings. The zero-order valence-corrected chi connectivity index (χ0v) is 18.5. The summed E-state index contributed by atoms with van der Waals surface area (Å²) >= 11 is 1.24. The zero-order chi connectivity index (χ0) is 22.4. The van der Waals surface area contributed by atoms with Crippen LogP contribution in [0.3, 0.4) is 0 Å². The Bertz CT molecular complexity index is 1100. The lowest BCUT2D eigenvalue weighted by Crippen LogP contribution is -2.16. The van der Waals surface area contributed by atoms with Gasteiger partial charge in [-0.25, -0.2) is 4.98 Å². The van der Waals surface area contributed by atoms with Crippen molar-refractivity contribution < 1.29 is 23.8 Å². The molecule has 0 spiro atoms. The van der Waals surface area contributed by atoms with Crippen LogP contribution in [-0.2, 0) is 11.2 Å². The number of anilines is 2. The van der Waals surface area contributed by atoms with E-state index in [1.807, 2.05) is 19.1 Å². The molecule has 2 N–H and O–H groups in total. The summed E-state index contributed by atoms with van der Waals surface area (Å²) in [6.45, 7) is 1.93. The molecule has 3 aromatic rings. The minimum absolute atomic E-state index is 0.0693. The van der Waals surface area contributed by atoms with Crippen molar-refractivity contribution in [3.63, 3.8) is 0 Å². The maximum Gasteiger partial charge on any atom is 0.257 e. The van der Waals surface area contributed by atoms with Gasteiger partial charge < -0.3 is 19.5 Å². The van der Waals surface area contributed by atoms with Gasteiger partial charge in [-0.1, -0.05) is 6.07 Å². The molecule has 0 saturated heterocycles. The third-order valence-electron chi connectivity index (χ3n) is 4.39. The zero-order valence-electron chi connectivity index (χ0n) is 17.6. The molecule has 2 aromatic carbocycles. The second kappa shape index (κ2) is 9.94. The number of nitrogens with one attached hydrogen (secondary N) is 2. The number of amides is 2. The number of hydrogen-bond donors (Lipinski definition) is 2. The standard InChI is InChI=1S/C22H23N3O5S/c1-13-5-7-17(28-2)16(9-13)24-20(26)11-15-12-31-22(23-15)25-21(27)14-6-8-18(29-3)19(10-14)30-4/h5-10,12H,11H2,1-4H3,(H,24,26)(H,23,25,27). The van der Waals surface area contributed by atoms with Crippen LogP contribution in [0.25, 0.3) is 0 Å². The molecular weight excluding hydrogens is 418 g/mol.